The van der Waals surface area contributed by atoms with Crippen molar-refractivity contribution in [1.29, 1.82) is 0 Å². The van der Waals surface area contributed by atoms with Crippen LogP contribution in [0, 0.1) is 12.7 Å². The van der Waals surface area contributed by atoms with Gasteiger partial charge in [0.15, 0.2) is 18.5 Å². The molecule has 0 N–H and O–H groups in total. The van der Waals surface area contributed by atoms with Crippen LogP contribution in [0.25, 0.3) is 0 Å². The van der Waals surface area contributed by atoms with Gasteiger partial charge in [-0.1, -0.05) is 11.6 Å². The zero-order chi connectivity index (χ0) is 13.1. The van der Waals surface area contributed by atoms with Crippen molar-refractivity contribution >= 4 is 12.4 Å². The Kier molecular flexibility index (Phi) is 3.60. The van der Waals surface area contributed by atoms with Crippen LogP contribution in [0.3, 0.4) is 0 Å². The van der Waals surface area contributed by atoms with Crippen molar-refractivity contribution in [3.8, 4) is 0 Å². The molecule has 2 unspecified atom stereocenters. The number of esters is 1. The molecule has 0 aromatic heterocycles. The molecular weight excluding hydrogens is 237 g/mol. The van der Waals surface area contributed by atoms with Crippen molar-refractivity contribution in [1.82, 2.24) is 0 Å². The van der Waals surface area contributed by atoms with Gasteiger partial charge in [0.2, 0.25) is 0 Å². The van der Waals surface area contributed by atoms with Crippen molar-refractivity contribution in [3.63, 3.8) is 0 Å². The molecule has 0 bridgehead atoms. The fourth-order valence-corrected chi connectivity index (χ4v) is 1.86. The second kappa shape index (κ2) is 5.16. The molecule has 5 heteroatoms. The molecule has 1 heterocycles. The largest absolute Gasteiger partial charge is 0.473 e. The normalized spacial score (nSPS) is 21.7. The molecule has 0 saturated heterocycles. The lowest BCUT2D eigenvalue weighted by atomic mass is 10.0. The number of nitrogens with zero attached hydrogens (tertiary/aromatic N) is 1. The summed E-state index contributed by atoms with van der Waals surface area (Å²) < 4.78 is 23.9. The van der Waals surface area contributed by atoms with Crippen molar-refractivity contribution < 1.29 is 18.7 Å². The fraction of sp³-hybridized carbons (Fsp3) is 0.385. The minimum absolute atomic E-state index is 0.258. The van der Waals surface area contributed by atoms with Gasteiger partial charge in [-0.2, -0.15) is 0 Å². The summed E-state index contributed by atoms with van der Waals surface area (Å²) in [4.78, 5) is 15.6. The Bertz CT molecular complexity index is 487. The highest BCUT2D eigenvalue weighted by atomic mass is 19.1. The van der Waals surface area contributed by atoms with E-state index in [0.717, 1.165) is 5.56 Å². The average molecular weight is 251 g/mol. The first-order valence-corrected chi connectivity index (χ1v) is 5.73. The van der Waals surface area contributed by atoms with Gasteiger partial charge >= 0.3 is 5.97 Å². The molecule has 96 valence electrons. The second-order valence-electron chi connectivity index (χ2n) is 4.03. The fourth-order valence-electron chi connectivity index (χ4n) is 1.86. The van der Waals surface area contributed by atoms with Crippen LogP contribution < -0.4 is 0 Å². The van der Waals surface area contributed by atoms with E-state index in [-0.39, 0.29) is 6.61 Å². The van der Waals surface area contributed by atoms with Crippen molar-refractivity contribution in [3.05, 3.63) is 35.1 Å². The van der Waals surface area contributed by atoms with Gasteiger partial charge in [-0.25, -0.2) is 14.2 Å². The lowest BCUT2D eigenvalue weighted by molar-refractivity contribution is -0.146. The number of carbonyl (C=O) groups excluding carboxylic acids is 1. The van der Waals surface area contributed by atoms with Gasteiger partial charge in [0.05, 0.1) is 6.61 Å². The lowest BCUT2D eigenvalue weighted by Crippen LogP contribution is -2.27. The number of rotatable bonds is 3. The Morgan fingerprint density at radius 1 is 1.56 bits per heavy atom. The molecule has 1 aromatic rings. The molecule has 18 heavy (non-hydrogen) atoms. The van der Waals surface area contributed by atoms with E-state index in [1.165, 1.54) is 12.5 Å². The predicted octanol–water partition coefficient (Wildman–Crippen LogP) is 2.17. The van der Waals surface area contributed by atoms with Crippen LogP contribution in [-0.4, -0.2) is 25.0 Å². The third-order valence-electron chi connectivity index (χ3n) is 2.70. The Morgan fingerprint density at radius 2 is 2.33 bits per heavy atom. The number of aryl methyl sites for hydroxylation is 1. The van der Waals surface area contributed by atoms with Crippen LogP contribution >= 0.6 is 0 Å². The van der Waals surface area contributed by atoms with Gasteiger partial charge in [-0.3, -0.25) is 0 Å². The van der Waals surface area contributed by atoms with Crippen molar-refractivity contribution in [2.24, 2.45) is 4.99 Å². The molecule has 0 amide bonds. The number of hydrogen-bond donors (Lipinski definition) is 0. The maximum Gasteiger partial charge on any atom is 0.335 e. The molecule has 0 aliphatic carbocycles. The number of benzene rings is 1. The van der Waals surface area contributed by atoms with E-state index in [4.69, 9.17) is 9.47 Å². The van der Waals surface area contributed by atoms with Crippen LogP contribution in [0.15, 0.2) is 23.2 Å². The molecule has 2 rings (SSSR count). The molecule has 4 nitrogen and oxygen atoms in total. The molecule has 0 radical (unpaired) electrons. The van der Waals surface area contributed by atoms with E-state index in [1.54, 1.807) is 19.1 Å². The number of ether oxygens (including phenoxy) is 2. The van der Waals surface area contributed by atoms with Crippen LogP contribution in [0.4, 0.5) is 4.39 Å². The van der Waals surface area contributed by atoms with Crippen LogP contribution in [0.5, 0.6) is 0 Å². The standard InChI is InChI=1S/C13H14FNO3/c1-3-17-13(16)11-12(18-7-15-11)9-6-8(2)4-5-10(9)14/h4-7,11-12H,3H2,1-2H3. The third kappa shape index (κ3) is 2.34. The minimum Gasteiger partial charge on any atom is -0.473 e. The van der Waals surface area contributed by atoms with Gasteiger partial charge < -0.3 is 9.47 Å². The van der Waals surface area contributed by atoms with Crippen molar-refractivity contribution in [2.45, 2.75) is 26.0 Å². The zero-order valence-corrected chi connectivity index (χ0v) is 10.2. The molecule has 0 saturated carbocycles. The van der Waals surface area contributed by atoms with E-state index >= 15 is 0 Å². The summed E-state index contributed by atoms with van der Waals surface area (Å²) in [6.07, 6.45) is 0.428. The Morgan fingerprint density at radius 3 is 3.06 bits per heavy atom. The molecule has 1 aromatic carbocycles. The monoisotopic (exact) mass is 251 g/mol. The summed E-state index contributed by atoms with van der Waals surface area (Å²) in [6, 6.07) is 3.84. The highest BCUT2D eigenvalue weighted by Crippen LogP contribution is 2.30. The number of hydrogen-bond acceptors (Lipinski definition) is 4. The van der Waals surface area contributed by atoms with Gasteiger partial charge in [0, 0.05) is 5.56 Å². The Balaban J connectivity index is 2.27. The first kappa shape index (κ1) is 12.5. The maximum absolute atomic E-state index is 13.8. The van der Waals surface area contributed by atoms with Crippen molar-refractivity contribution in [2.75, 3.05) is 6.61 Å². The molecule has 0 fully saturated rings. The molecule has 1 aliphatic rings. The second-order valence-corrected chi connectivity index (χ2v) is 4.03. The van der Waals surface area contributed by atoms with Crippen LogP contribution in [0.2, 0.25) is 0 Å². The topological polar surface area (TPSA) is 47.9 Å². The third-order valence-corrected chi connectivity index (χ3v) is 2.70. The zero-order valence-electron chi connectivity index (χ0n) is 10.2. The average Bonchev–Trinajstić information content (AvgIpc) is 2.81. The summed E-state index contributed by atoms with van der Waals surface area (Å²) in [6.45, 7) is 3.81. The number of aliphatic imine (C=N–C) groups is 1. The van der Waals surface area contributed by atoms with E-state index in [2.05, 4.69) is 4.99 Å². The molecular formula is C13H14FNO3. The van der Waals surface area contributed by atoms with E-state index in [1.807, 2.05) is 6.92 Å². The number of carbonyl (C=O) groups is 1. The summed E-state index contributed by atoms with van der Waals surface area (Å²) in [5, 5.41) is 0. The SMILES string of the molecule is CCOC(=O)C1N=COC1c1cc(C)ccc1F. The van der Waals surface area contributed by atoms with E-state index in [0.29, 0.717) is 5.56 Å². The van der Waals surface area contributed by atoms with Gasteiger partial charge in [0.1, 0.15) is 5.82 Å². The highest BCUT2D eigenvalue weighted by Gasteiger charge is 2.36. The highest BCUT2D eigenvalue weighted by molar-refractivity contribution is 5.80. The molecule has 2 atom stereocenters. The summed E-state index contributed by atoms with van der Waals surface area (Å²) in [7, 11) is 0. The lowest BCUT2D eigenvalue weighted by Gasteiger charge is -2.17. The Hall–Kier alpha value is -1.91. The first-order valence-electron chi connectivity index (χ1n) is 5.73. The predicted molar refractivity (Wildman–Crippen MR) is 63.9 cm³/mol. The van der Waals surface area contributed by atoms with Gasteiger partial charge in [-0.15, -0.1) is 0 Å². The van der Waals surface area contributed by atoms with Crippen LogP contribution in [0.1, 0.15) is 24.2 Å². The smallest absolute Gasteiger partial charge is 0.335 e. The van der Waals surface area contributed by atoms with E-state index in [9.17, 15) is 9.18 Å². The summed E-state index contributed by atoms with van der Waals surface area (Å²) in [5.41, 5.74) is 1.22. The van der Waals surface area contributed by atoms with E-state index < -0.39 is 23.9 Å². The van der Waals surface area contributed by atoms with Crippen LogP contribution in [-0.2, 0) is 14.3 Å². The molecule has 1 aliphatic heterocycles. The first-order chi connectivity index (χ1) is 8.63. The Labute approximate surface area is 104 Å². The number of halogens is 1. The molecule has 0 spiro atoms. The van der Waals surface area contributed by atoms with Gasteiger partial charge in [-0.05, 0) is 26.0 Å². The minimum atomic E-state index is -0.832. The van der Waals surface area contributed by atoms with Gasteiger partial charge in [0.25, 0.3) is 0 Å². The summed E-state index contributed by atoms with van der Waals surface area (Å²) in [5.74, 6) is -0.914. The summed E-state index contributed by atoms with van der Waals surface area (Å²) >= 11 is 0. The maximum atomic E-state index is 13.8. The quantitative estimate of drug-likeness (QED) is 0.773.